The third-order valence-corrected chi connectivity index (χ3v) is 5.99. The number of hydrogen-bond donors (Lipinski definition) is 1. The fourth-order valence-electron chi connectivity index (χ4n) is 2.34. The van der Waals surface area contributed by atoms with E-state index in [9.17, 15) is 4.79 Å². The van der Waals surface area contributed by atoms with Crippen molar-refractivity contribution >= 4 is 55.8 Å². The largest absolute Gasteiger partial charge is 0.352 e. The molecule has 1 aliphatic carbocycles. The van der Waals surface area contributed by atoms with Gasteiger partial charge in [-0.15, -0.1) is 11.3 Å². The standard InChI is InChI=1S/C12H15BrINOS/c13-5-8-2-1-3-9(8)6-15-12(16)10-4-11(14)17-7-10/h4,7-9H,1-3,5-6H2,(H,15,16). The second-order valence-electron chi connectivity index (χ2n) is 4.45. The van der Waals surface area contributed by atoms with Gasteiger partial charge in [0.05, 0.1) is 8.45 Å². The third kappa shape index (κ3) is 3.67. The van der Waals surface area contributed by atoms with Crippen LogP contribution in [-0.4, -0.2) is 17.8 Å². The van der Waals surface area contributed by atoms with Crippen molar-refractivity contribution in [1.82, 2.24) is 5.32 Å². The Hall–Kier alpha value is 0.380. The lowest BCUT2D eigenvalue weighted by atomic mass is 9.98. The van der Waals surface area contributed by atoms with Crippen LogP contribution in [0.3, 0.4) is 0 Å². The molecule has 2 atom stereocenters. The van der Waals surface area contributed by atoms with Gasteiger partial charge in [-0.3, -0.25) is 4.79 Å². The lowest BCUT2D eigenvalue weighted by Gasteiger charge is -2.17. The van der Waals surface area contributed by atoms with Crippen LogP contribution in [-0.2, 0) is 0 Å². The SMILES string of the molecule is O=C(NCC1CCCC1CBr)c1csc(I)c1. The highest BCUT2D eigenvalue weighted by molar-refractivity contribution is 14.1. The van der Waals surface area contributed by atoms with Crippen molar-refractivity contribution in [2.24, 2.45) is 11.8 Å². The highest BCUT2D eigenvalue weighted by atomic mass is 127. The normalized spacial score (nSPS) is 23.9. The Balaban J connectivity index is 1.84. The Kier molecular flexibility index (Phi) is 5.29. The van der Waals surface area contributed by atoms with E-state index in [2.05, 4.69) is 43.8 Å². The van der Waals surface area contributed by atoms with E-state index in [-0.39, 0.29) is 5.91 Å². The van der Waals surface area contributed by atoms with Gasteiger partial charge in [0.1, 0.15) is 0 Å². The van der Waals surface area contributed by atoms with E-state index in [1.54, 1.807) is 11.3 Å². The quantitative estimate of drug-likeness (QED) is 0.573. The van der Waals surface area contributed by atoms with Gasteiger partial charge in [-0.05, 0) is 53.3 Å². The molecular formula is C12H15BrINOS. The number of amides is 1. The van der Waals surface area contributed by atoms with E-state index in [0.29, 0.717) is 5.92 Å². The summed E-state index contributed by atoms with van der Waals surface area (Å²) in [6.45, 7) is 0.821. The van der Waals surface area contributed by atoms with E-state index in [0.717, 1.165) is 26.2 Å². The van der Waals surface area contributed by atoms with E-state index in [1.165, 1.54) is 19.3 Å². The van der Waals surface area contributed by atoms with Gasteiger partial charge in [0, 0.05) is 17.3 Å². The Morgan fingerprint density at radius 2 is 2.29 bits per heavy atom. The predicted molar refractivity (Wildman–Crippen MR) is 84.0 cm³/mol. The third-order valence-electron chi connectivity index (χ3n) is 3.37. The predicted octanol–water partition coefficient (Wildman–Crippen LogP) is 3.89. The minimum Gasteiger partial charge on any atom is -0.352 e. The summed E-state index contributed by atoms with van der Waals surface area (Å²) in [4.78, 5) is 11.9. The second kappa shape index (κ2) is 6.52. The zero-order valence-corrected chi connectivity index (χ0v) is 14.0. The summed E-state index contributed by atoms with van der Waals surface area (Å²) in [5.74, 6) is 1.46. The Bertz CT molecular complexity index is 396. The van der Waals surface area contributed by atoms with Gasteiger partial charge in [0.25, 0.3) is 5.91 Å². The summed E-state index contributed by atoms with van der Waals surface area (Å²) in [7, 11) is 0. The van der Waals surface area contributed by atoms with Crippen molar-refractivity contribution in [3.05, 3.63) is 19.9 Å². The summed E-state index contributed by atoms with van der Waals surface area (Å²) < 4.78 is 1.16. The summed E-state index contributed by atoms with van der Waals surface area (Å²) in [6.07, 6.45) is 3.84. The van der Waals surface area contributed by atoms with Gasteiger partial charge in [-0.2, -0.15) is 0 Å². The molecule has 2 unspecified atom stereocenters. The number of halogens is 2. The number of hydrogen-bond acceptors (Lipinski definition) is 2. The fourth-order valence-corrected chi connectivity index (χ4v) is 4.52. The van der Waals surface area contributed by atoms with Gasteiger partial charge < -0.3 is 5.32 Å². The molecule has 1 N–H and O–H groups in total. The maximum Gasteiger partial charge on any atom is 0.252 e. The van der Waals surface area contributed by atoms with Crippen LogP contribution in [0.4, 0.5) is 0 Å². The molecule has 0 spiro atoms. The van der Waals surface area contributed by atoms with Crippen LogP contribution in [0.25, 0.3) is 0 Å². The molecule has 17 heavy (non-hydrogen) atoms. The molecule has 1 heterocycles. The second-order valence-corrected chi connectivity index (χ2v) is 7.91. The number of rotatable bonds is 4. The smallest absolute Gasteiger partial charge is 0.252 e. The summed E-state index contributed by atoms with van der Waals surface area (Å²) in [6, 6.07) is 1.94. The van der Waals surface area contributed by atoms with Gasteiger partial charge in [0.2, 0.25) is 0 Å². The maximum absolute atomic E-state index is 11.9. The molecule has 0 saturated heterocycles. The molecule has 1 fully saturated rings. The highest BCUT2D eigenvalue weighted by Gasteiger charge is 2.26. The zero-order chi connectivity index (χ0) is 12.3. The Morgan fingerprint density at radius 1 is 1.53 bits per heavy atom. The van der Waals surface area contributed by atoms with Gasteiger partial charge in [0.15, 0.2) is 0 Å². The van der Waals surface area contributed by atoms with E-state index >= 15 is 0 Å². The summed E-state index contributed by atoms with van der Waals surface area (Å²) >= 11 is 7.42. The van der Waals surface area contributed by atoms with Crippen LogP contribution < -0.4 is 5.32 Å². The highest BCUT2D eigenvalue weighted by Crippen LogP contribution is 2.32. The number of nitrogens with one attached hydrogen (secondary N) is 1. The molecule has 1 aromatic rings. The molecule has 1 amide bonds. The van der Waals surface area contributed by atoms with Crippen LogP contribution >= 0.6 is 49.9 Å². The lowest BCUT2D eigenvalue weighted by molar-refractivity contribution is 0.0945. The van der Waals surface area contributed by atoms with Crippen molar-refractivity contribution in [1.29, 1.82) is 0 Å². The number of alkyl halides is 1. The lowest BCUT2D eigenvalue weighted by Crippen LogP contribution is -2.30. The Morgan fingerprint density at radius 3 is 2.94 bits per heavy atom. The monoisotopic (exact) mass is 427 g/mol. The van der Waals surface area contributed by atoms with Crippen LogP contribution in [0.5, 0.6) is 0 Å². The summed E-state index contributed by atoms with van der Waals surface area (Å²) in [5.41, 5.74) is 0.799. The van der Waals surface area contributed by atoms with E-state index in [1.807, 2.05) is 11.4 Å². The first kappa shape index (κ1) is 13.8. The fraction of sp³-hybridized carbons (Fsp3) is 0.583. The van der Waals surface area contributed by atoms with Crippen LogP contribution in [0, 0.1) is 14.7 Å². The van der Waals surface area contributed by atoms with Crippen molar-refractivity contribution in [2.45, 2.75) is 19.3 Å². The minimum atomic E-state index is 0.0735. The minimum absolute atomic E-state index is 0.0735. The van der Waals surface area contributed by atoms with Gasteiger partial charge in [-0.25, -0.2) is 0 Å². The van der Waals surface area contributed by atoms with Crippen molar-refractivity contribution in [2.75, 3.05) is 11.9 Å². The first-order valence-corrected chi connectivity index (χ1v) is 8.87. The molecule has 1 aromatic heterocycles. The van der Waals surface area contributed by atoms with Gasteiger partial charge >= 0.3 is 0 Å². The number of thiophene rings is 1. The first-order chi connectivity index (χ1) is 8.20. The Labute approximate surface area is 128 Å². The molecule has 0 radical (unpaired) electrons. The number of carbonyl (C=O) groups excluding carboxylic acids is 1. The molecular weight excluding hydrogens is 413 g/mol. The van der Waals surface area contributed by atoms with Crippen LogP contribution in [0.15, 0.2) is 11.4 Å². The number of carbonyl (C=O) groups is 1. The molecule has 0 bridgehead atoms. The zero-order valence-electron chi connectivity index (χ0n) is 9.42. The van der Waals surface area contributed by atoms with Crippen LogP contribution in [0.1, 0.15) is 29.6 Å². The molecule has 2 nitrogen and oxygen atoms in total. The molecule has 2 rings (SSSR count). The molecule has 94 valence electrons. The van der Waals surface area contributed by atoms with E-state index in [4.69, 9.17) is 0 Å². The van der Waals surface area contributed by atoms with Crippen LogP contribution in [0.2, 0.25) is 0 Å². The average Bonchev–Trinajstić information content (AvgIpc) is 2.94. The topological polar surface area (TPSA) is 29.1 Å². The van der Waals surface area contributed by atoms with Crippen molar-refractivity contribution in [3.63, 3.8) is 0 Å². The van der Waals surface area contributed by atoms with Gasteiger partial charge in [-0.1, -0.05) is 22.4 Å². The summed E-state index contributed by atoms with van der Waals surface area (Å²) in [5, 5.41) is 6.05. The first-order valence-electron chi connectivity index (χ1n) is 5.79. The maximum atomic E-state index is 11.9. The van der Waals surface area contributed by atoms with Crippen molar-refractivity contribution < 1.29 is 4.79 Å². The van der Waals surface area contributed by atoms with E-state index < -0.39 is 0 Å². The molecule has 0 aliphatic heterocycles. The average molecular weight is 428 g/mol. The molecule has 0 aromatic carbocycles. The molecule has 1 saturated carbocycles. The molecule has 5 heteroatoms. The molecule has 1 aliphatic rings. The van der Waals surface area contributed by atoms with Crippen molar-refractivity contribution in [3.8, 4) is 0 Å².